The number of hydrogen-bond donors (Lipinski definition) is 3. The van der Waals surface area contributed by atoms with Gasteiger partial charge in [-0.1, -0.05) is 29.8 Å². The summed E-state index contributed by atoms with van der Waals surface area (Å²) in [6.07, 6.45) is 3.02. The first-order chi connectivity index (χ1) is 9.09. The van der Waals surface area contributed by atoms with Crippen LogP contribution in [-0.2, 0) is 9.59 Å². The predicted molar refractivity (Wildman–Crippen MR) is 70.6 cm³/mol. The molecular weight excluding hydrogens is 268 g/mol. The average molecular weight is 279 g/mol. The van der Waals surface area contributed by atoms with Gasteiger partial charge in [-0.3, -0.25) is 14.9 Å². The Morgan fingerprint density at radius 2 is 2.11 bits per heavy atom. The van der Waals surface area contributed by atoms with Crippen LogP contribution in [0.5, 0.6) is 0 Å². The molecule has 0 saturated carbocycles. The molecule has 0 radical (unpaired) electrons. The molecule has 2 amide bonds. The second kappa shape index (κ2) is 5.53. The highest BCUT2D eigenvalue weighted by molar-refractivity contribution is 6.32. The first kappa shape index (κ1) is 13.1. The maximum absolute atomic E-state index is 12.1. The van der Waals surface area contributed by atoms with E-state index in [0.29, 0.717) is 10.6 Å². The smallest absolute Gasteiger partial charge is 0.243 e. The molecule has 1 unspecified atom stereocenters. The van der Waals surface area contributed by atoms with Crippen LogP contribution in [0, 0.1) is 0 Å². The van der Waals surface area contributed by atoms with Gasteiger partial charge in [0, 0.05) is 17.4 Å². The van der Waals surface area contributed by atoms with Crippen LogP contribution in [0.2, 0.25) is 5.02 Å². The Hall–Kier alpha value is -2.34. The van der Waals surface area contributed by atoms with Crippen LogP contribution in [0.15, 0.2) is 36.7 Å². The number of carbonyl (C=O) groups excluding carboxylic acids is 2. The van der Waals surface area contributed by atoms with Crippen molar-refractivity contribution in [3.05, 3.63) is 47.2 Å². The molecule has 1 aromatic heterocycles. The van der Waals surface area contributed by atoms with Gasteiger partial charge in [-0.15, -0.1) is 0 Å². The second-order valence-electron chi connectivity index (χ2n) is 3.78. The van der Waals surface area contributed by atoms with Gasteiger partial charge in [0.05, 0.1) is 0 Å². The molecule has 0 aliphatic carbocycles. The van der Waals surface area contributed by atoms with Gasteiger partial charge in [0.2, 0.25) is 17.8 Å². The quantitative estimate of drug-likeness (QED) is 0.734. The van der Waals surface area contributed by atoms with E-state index in [1.807, 2.05) is 0 Å². The molecule has 0 spiro atoms. The third kappa shape index (κ3) is 2.92. The van der Waals surface area contributed by atoms with E-state index in [0.717, 1.165) is 0 Å². The summed E-state index contributed by atoms with van der Waals surface area (Å²) in [6, 6.07) is 6.55. The Balaban J connectivity index is 2.28. The van der Waals surface area contributed by atoms with Gasteiger partial charge in [0.25, 0.3) is 0 Å². The minimum atomic E-state index is -1.17. The van der Waals surface area contributed by atoms with Crippen molar-refractivity contribution in [3.8, 4) is 0 Å². The number of carbonyl (C=O) groups is 2. The van der Waals surface area contributed by atoms with Crippen molar-refractivity contribution in [2.75, 3.05) is 5.32 Å². The Bertz CT molecular complexity index is 598. The molecule has 0 aliphatic rings. The van der Waals surface area contributed by atoms with Crippen molar-refractivity contribution < 1.29 is 9.59 Å². The molecule has 2 rings (SSSR count). The lowest BCUT2D eigenvalue weighted by atomic mass is 9.97. The van der Waals surface area contributed by atoms with E-state index in [4.69, 9.17) is 17.3 Å². The van der Waals surface area contributed by atoms with Crippen LogP contribution in [0.25, 0.3) is 0 Å². The zero-order valence-electron chi connectivity index (χ0n) is 9.76. The van der Waals surface area contributed by atoms with Crippen LogP contribution >= 0.6 is 11.6 Å². The van der Waals surface area contributed by atoms with E-state index in [2.05, 4.69) is 15.3 Å². The lowest BCUT2D eigenvalue weighted by Gasteiger charge is -2.14. The van der Waals surface area contributed by atoms with Gasteiger partial charge >= 0.3 is 0 Å². The molecule has 4 N–H and O–H groups in total. The van der Waals surface area contributed by atoms with Gasteiger partial charge in [0.1, 0.15) is 5.92 Å². The molecular formula is C12H11ClN4O2. The third-order valence-electron chi connectivity index (χ3n) is 2.50. The Morgan fingerprint density at radius 1 is 1.37 bits per heavy atom. The third-order valence-corrected chi connectivity index (χ3v) is 2.85. The molecule has 98 valence electrons. The molecule has 6 nitrogen and oxygen atoms in total. The standard InChI is InChI=1S/C12H11ClN4O2/c13-8-4-2-1-3-7(8)9(10(14)18)11(19)17-12-15-5-6-16-12/h1-6,9H,(H2,14,18)(H2,15,16,17,19). The normalized spacial score (nSPS) is 11.8. The first-order valence-corrected chi connectivity index (χ1v) is 5.81. The van der Waals surface area contributed by atoms with Crippen molar-refractivity contribution in [1.82, 2.24) is 9.97 Å². The molecule has 0 fully saturated rings. The van der Waals surface area contributed by atoms with E-state index in [1.54, 1.807) is 30.5 Å². The largest absolute Gasteiger partial charge is 0.369 e. The minimum absolute atomic E-state index is 0.239. The number of aromatic amines is 1. The van der Waals surface area contributed by atoms with Gasteiger partial charge in [-0.25, -0.2) is 4.98 Å². The van der Waals surface area contributed by atoms with Crippen LogP contribution < -0.4 is 11.1 Å². The summed E-state index contributed by atoms with van der Waals surface area (Å²) < 4.78 is 0. The number of primary amides is 1. The number of nitrogens with two attached hydrogens (primary N) is 1. The number of rotatable bonds is 4. The van der Waals surface area contributed by atoms with Gasteiger partial charge in [-0.05, 0) is 11.6 Å². The molecule has 0 aliphatic heterocycles. The van der Waals surface area contributed by atoms with E-state index < -0.39 is 17.7 Å². The number of nitrogens with one attached hydrogen (secondary N) is 2. The zero-order chi connectivity index (χ0) is 13.8. The number of nitrogens with zero attached hydrogens (tertiary/aromatic N) is 1. The summed E-state index contributed by atoms with van der Waals surface area (Å²) in [7, 11) is 0. The summed E-state index contributed by atoms with van der Waals surface area (Å²) in [6.45, 7) is 0. The lowest BCUT2D eigenvalue weighted by Crippen LogP contribution is -2.33. The van der Waals surface area contributed by atoms with Crippen molar-refractivity contribution >= 4 is 29.4 Å². The second-order valence-corrected chi connectivity index (χ2v) is 4.19. The summed E-state index contributed by atoms with van der Waals surface area (Å²) in [5.41, 5.74) is 5.64. The number of hydrogen-bond acceptors (Lipinski definition) is 3. The summed E-state index contributed by atoms with van der Waals surface area (Å²) in [5, 5.41) is 2.77. The fourth-order valence-electron chi connectivity index (χ4n) is 1.66. The molecule has 1 aromatic carbocycles. The number of anilines is 1. The van der Waals surface area contributed by atoms with Crippen molar-refractivity contribution in [2.45, 2.75) is 5.92 Å². The molecule has 2 aromatic rings. The Labute approximate surface area is 114 Å². The maximum atomic E-state index is 12.1. The number of imidazole rings is 1. The van der Waals surface area contributed by atoms with E-state index >= 15 is 0 Å². The van der Waals surface area contributed by atoms with Crippen molar-refractivity contribution in [2.24, 2.45) is 5.73 Å². The summed E-state index contributed by atoms with van der Waals surface area (Å²) >= 11 is 5.98. The van der Waals surface area contributed by atoms with Gasteiger partial charge in [-0.2, -0.15) is 0 Å². The summed E-state index contributed by atoms with van der Waals surface area (Å²) in [5.74, 6) is -2.30. The monoisotopic (exact) mass is 278 g/mol. The molecule has 7 heteroatoms. The van der Waals surface area contributed by atoms with Crippen LogP contribution in [-0.4, -0.2) is 21.8 Å². The fourth-order valence-corrected chi connectivity index (χ4v) is 1.90. The molecule has 0 saturated heterocycles. The fraction of sp³-hybridized carbons (Fsp3) is 0.0833. The van der Waals surface area contributed by atoms with E-state index in [1.165, 1.54) is 6.20 Å². The predicted octanol–water partition coefficient (Wildman–Crippen LogP) is 1.27. The minimum Gasteiger partial charge on any atom is -0.369 e. The van der Waals surface area contributed by atoms with Crippen LogP contribution in [0.1, 0.15) is 11.5 Å². The number of benzene rings is 1. The average Bonchev–Trinajstić information content (AvgIpc) is 2.84. The SMILES string of the molecule is NC(=O)C(C(=O)Nc1ncc[nH]1)c1ccccc1Cl. The van der Waals surface area contributed by atoms with E-state index in [9.17, 15) is 9.59 Å². The van der Waals surface area contributed by atoms with Gasteiger partial charge in [0.15, 0.2) is 0 Å². The molecule has 19 heavy (non-hydrogen) atoms. The van der Waals surface area contributed by atoms with Gasteiger partial charge < -0.3 is 10.7 Å². The number of H-pyrrole nitrogens is 1. The molecule has 1 heterocycles. The Morgan fingerprint density at radius 3 is 2.68 bits per heavy atom. The van der Waals surface area contributed by atoms with E-state index in [-0.39, 0.29) is 5.95 Å². The number of aromatic nitrogens is 2. The van der Waals surface area contributed by atoms with Crippen LogP contribution in [0.4, 0.5) is 5.95 Å². The zero-order valence-corrected chi connectivity index (χ0v) is 10.5. The summed E-state index contributed by atoms with van der Waals surface area (Å²) in [4.78, 5) is 30.1. The lowest BCUT2D eigenvalue weighted by molar-refractivity contribution is -0.127. The molecule has 1 atom stereocenters. The Kier molecular flexibility index (Phi) is 3.82. The first-order valence-electron chi connectivity index (χ1n) is 5.43. The maximum Gasteiger partial charge on any atom is 0.243 e. The highest BCUT2D eigenvalue weighted by Gasteiger charge is 2.28. The van der Waals surface area contributed by atoms with Crippen LogP contribution in [0.3, 0.4) is 0 Å². The highest BCUT2D eigenvalue weighted by atomic mass is 35.5. The number of halogens is 1. The molecule has 0 bridgehead atoms. The topological polar surface area (TPSA) is 101 Å². The van der Waals surface area contributed by atoms with Crippen molar-refractivity contribution in [1.29, 1.82) is 0 Å². The van der Waals surface area contributed by atoms with Crippen molar-refractivity contribution in [3.63, 3.8) is 0 Å². The number of amides is 2. The highest BCUT2D eigenvalue weighted by Crippen LogP contribution is 2.25.